The Hall–Kier alpha value is -8.41. The zero-order valence-electron chi connectivity index (χ0n) is 35.0. The minimum Gasteiger partial charge on any atom is -0.311 e. The van der Waals surface area contributed by atoms with Crippen molar-refractivity contribution >= 4 is 74.3 Å². The lowest BCUT2D eigenvalue weighted by molar-refractivity contribution is 1.24. The van der Waals surface area contributed by atoms with Crippen LogP contribution in [0.3, 0.4) is 0 Å². The lowest BCUT2D eigenvalue weighted by Gasteiger charge is -2.44. The van der Waals surface area contributed by atoms with Crippen LogP contribution in [0.5, 0.6) is 0 Å². The van der Waals surface area contributed by atoms with Gasteiger partial charge >= 0.3 is 0 Å². The molecule has 0 saturated heterocycles. The smallest absolute Gasteiger partial charge is 0.252 e. The molecule has 3 heterocycles. The van der Waals surface area contributed by atoms with Crippen LogP contribution in [0.25, 0.3) is 33.4 Å². The third kappa shape index (κ3) is 6.45. The Labute approximate surface area is 374 Å². The van der Waals surface area contributed by atoms with E-state index >= 15 is 0 Å². The minimum absolute atomic E-state index is 0.0184. The lowest BCUT2D eigenvalue weighted by atomic mass is 9.33. The van der Waals surface area contributed by atoms with Crippen molar-refractivity contribution in [2.75, 3.05) is 14.7 Å². The molecular weight excluding hydrogens is 775 g/mol. The predicted molar refractivity (Wildman–Crippen MR) is 269 cm³/mol. The van der Waals surface area contributed by atoms with Gasteiger partial charge in [0.05, 0.1) is 0 Å². The Morgan fingerprint density at radius 1 is 0.312 bits per heavy atom. The van der Waals surface area contributed by atoms with E-state index in [9.17, 15) is 0 Å². The van der Waals surface area contributed by atoms with Gasteiger partial charge in [0.2, 0.25) is 0 Å². The van der Waals surface area contributed by atoms with Crippen LogP contribution in [0, 0.1) is 0 Å². The number of nitrogens with zero attached hydrogens (tertiary/aromatic N) is 4. The fourth-order valence-corrected chi connectivity index (χ4v) is 9.87. The number of benzene rings is 9. The number of anilines is 9. The molecule has 0 saturated carbocycles. The van der Waals surface area contributed by atoms with Crippen LogP contribution in [0.15, 0.2) is 249 Å². The van der Waals surface area contributed by atoms with Gasteiger partial charge in [-0.1, -0.05) is 140 Å². The van der Waals surface area contributed by atoms with Gasteiger partial charge in [-0.2, -0.15) is 0 Å². The predicted octanol–water partition coefficient (Wildman–Crippen LogP) is 13.6. The highest BCUT2D eigenvalue weighted by Crippen LogP contribution is 2.47. The van der Waals surface area contributed by atoms with Gasteiger partial charge in [0.15, 0.2) is 0 Å². The van der Waals surface area contributed by atoms with Gasteiger partial charge < -0.3 is 14.7 Å². The largest absolute Gasteiger partial charge is 0.311 e. The maximum Gasteiger partial charge on any atom is 0.252 e. The zero-order chi connectivity index (χ0) is 42.4. The zero-order valence-corrected chi connectivity index (χ0v) is 35.0. The number of para-hydroxylation sites is 3. The third-order valence-corrected chi connectivity index (χ3v) is 12.7. The Morgan fingerprint density at radius 2 is 0.797 bits per heavy atom. The van der Waals surface area contributed by atoms with E-state index in [0.29, 0.717) is 0 Å². The fourth-order valence-electron chi connectivity index (χ4n) is 9.87. The normalized spacial score (nSPS) is 12.3. The van der Waals surface area contributed by atoms with E-state index in [2.05, 4.69) is 256 Å². The Bertz CT molecular complexity index is 3190. The van der Waals surface area contributed by atoms with Crippen LogP contribution in [-0.4, -0.2) is 11.7 Å². The quantitative estimate of drug-likeness (QED) is 0.143. The van der Waals surface area contributed by atoms with Crippen molar-refractivity contribution in [3.05, 3.63) is 249 Å². The molecule has 10 aromatic rings. The molecule has 0 fully saturated rings. The van der Waals surface area contributed by atoms with E-state index < -0.39 is 0 Å². The minimum atomic E-state index is -0.0184. The van der Waals surface area contributed by atoms with Crippen molar-refractivity contribution in [3.63, 3.8) is 0 Å². The van der Waals surface area contributed by atoms with Gasteiger partial charge in [-0.25, -0.2) is 0 Å². The summed E-state index contributed by atoms with van der Waals surface area (Å²) in [6.07, 6.45) is 3.75. The second kappa shape index (κ2) is 15.8. The van der Waals surface area contributed by atoms with E-state index in [4.69, 9.17) is 0 Å². The standard InChI is InChI=1S/C59H41BN4/c1-5-17-42(18-6-1)45-21-15-26-50(38-45)63-56-29-16-30-57-59(56)60(54-32-31-51(41-58(54)63)62(48-22-9-3-10-23-48)49-24-11-4-12-25-49)53-27-13-14-28-55(53)64(57)52-39-46(43-19-7-2-8-20-43)37-47(40-52)44-33-35-61-36-34-44/h1-41H. The number of aromatic nitrogens is 1. The van der Waals surface area contributed by atoms with Crippen LogP contribution in [0.2, 0.25) is 0 Å². The number of hydrogen-bond acceptors (Lipinski definition) is 4. The molecule has 9 aromatic carbocycles. The fraction of sp³-hybridized carbons (Fsp3) is 0. The van der Waals surface area contributed by atoms with Crippen LogP contribution in [-0.2, 0) is 0 Å². The van der Waals surface area contributed by atoms with Crippen molar-refractivity contribution in [3.8, 4) is 33.4 Å². The first-order valence-electron chi connectivity index (χ1n) is 21.9. The molecule has 12 rings (SSSR count). The van der Waals surface area contributed by atoms with E-state index in [1.54, 1.807) is 0 Å². The summed E-state index contributed by atoms with van der Waals surface area (Å²) in [5, 5.41) is 0. The van der Waals surface area contributed by atoms with Gasteiger partial charge in [-0.05, 0) is 147 Å². The van der Waals surface area contributed by atoms with Crippen molar-refractivity contribution in [1.82, 2.24) is 4.98 Å². The molecule has 0 aliphatic carbocycles. The maximum atomic E-state index is 4.36. The summed E-state index contributed by atoms with van der Waals surface area (Å²) in [4.78, 5) is 11.7. The number of fused-ring (bicyclic) bond motifs is 4. The molecule has 0 amide bonds. The second-order valence-corrected chi connectivity index (χ2v) is 16.4. The average Bonchev–Trinajstić information content (AvgIpc) is 3.37. The highest BCUT2D eigenvalue weighted by atomic mass is 15.2. The molecule has 2 aliphatic heterocycles. The third-order valence-electron chi connectivity index (χ3n) is 12.7. The van der Waals surface area contributed by atoms with Gasteiger partial charge in [0, 0.05) is 63.6 Å². The summed E-state index contributed by atoms with van der Waals surface area (Å²) in [7, 11) is 0. The number of pyridine rings is 1. The molecule has 0 atom stereocenters. The van der Waals surface area contributed by atoms with Crippen LogP contribution < -0.4 is 31.1 Å². The Morgan fingerprint density at radius 3 is 1.45 bits per heavy atom. The average molecular weight is 817 g/mol. The summed E-state index contributed by atoms with van der Waals surface area (Å²) in [6.45, 7) is -0.0184. The first-order chi connectivity index (χ1) is 31.8. The summed E-state index contributed by atoms with van der Waals surface area (Å²) in [5.74, 6) is 0. The SMILES string of the molecule is c1ccc(-c2cccc(N3c4cc(N(c5ccccc5)c5ccccc5)ccc4B4c5ccccc5N(c5cc(-c6ccccc6)cc(-c6ccncc6)c5)c5cccc3c54)c2)cc1. The Kier molecular flexibility index (Phi) is 9.23. The van der Waals surface area contributed by atoms with Gasteiger partial charge in [-0.3, -0.25) is 4.98 Å². The van der Waals surface area contributed by atoms with E-state index in [1.807, 2.05) is 12.4 Å². The molecule has 0 spiro atoms. The van der Waals surface area contributed by atoms with Crippen molar-refractivity contribution in [2.24, 2.45) is 0 Å². The summed E-state index contributed by atoms with van der Waals surface area (Å²) in [6, 6.07) is 85.9. The highest BCUT2D eigenvalue weighted by Gasteiger charge is 2.43. The molecule has 0 bridgehead atoms. The molecule has 0 unspecified atom stereocenters. The van der Waals surface area contributed by atoms with Gasteiger partial charge in [0.25, 0.3) is 6.71 Å². The topological polar surface area (TPSA) is 22.6 Å². The molecule has 1 aromatic heterocycles. The van der Waals surface area contributed by atoms with E-state index in [-0.39, 0.29) is 6.71 Å². The van der Waals surface area contributed by atoms with Gasteiger partial charge in [-0.15, -0.1) is 0 Å². The van der Waals surface area contributed by atoms with Crippen molar-refractivity contribution in [1.29, 1.82) is 0 Å². The molecule has 0 radical (unpaired) electrons. The monoisotopic (exact) mass is 816 g/mol. The molecule has 4 nitrogen and oxygen atoms in total. The molecule has 300 valence electrons. The van der Waals surface area contributed by atoms with E-state index in [0.717, 1.165) is 56.5 Å². The van der Waals surface area contributed by atoms with E-state index in [1.165, 1.54) is 44.5 Å². The summed E-state index contributed by atoms with van der Waals surface area (Å²) >= 11 is 0. The highest BCUT2D eigenvalue weighted by molar-refractivity contribution is 7.00. The van der Waals surface area contributed by atoms with Crippen molar-refractivity contribution in [2.45, 2.75) is 0 Å². The molecule has 0 N–H and O–H groups in total. The summed E-state index contributed by atoms with van der Waals surface area (Å²) < 4.78 is 0. The Balaban J connectivity index is 1.11. The maximum absolute atomic E-state index is 4.36. The first-order valence-corrected chi connectivity index (χ1v) is 21.9. The number of hydrogen-bond donors (Lipinski definition) is 0. The molecule has 5 heteroatoms. The molecule has 64 heavy (non-hydrogen) atoms. The number of rotatable bonds is 8. The van der Waals surface area contributed by atoms with Gasteiger partial charge in [0.1, 0.15) is 0 Å². The molecular formula is C59H41BN4. The second-order valence-electron chi connectivity index (χ2n) is 16.4. The summed E-state index contributed by atoms with van der Waals surface area (Å²) in [5.41, 5.74) is 20.9. The van der Waals surface area contributed by atoms with Crippen molar-refractivity contribution < 1.29 is 0 Å². The molecule has 2 aliphatic rings. The van der Waals surface area contributed by atoms with Crippen LogP contribution in [0.1, 0.15) is 0 Å². The first kappa shape index (κ1) is 37.4. The van der Waals surface area contributed by atoms with Crippen LogP contribution >= 0.6 is 0 Å². The van der Waals surface area contributed by atoms with Crippen LogP contribution in [0.4, 0.5) is 51.2 Å². The lowest BCUT2D eigenvalue weighted by Crippen LogP contribution is -2.61.